The van der Waals surface area contributed by atoms with Crippen molar-refractivity contribution in [2.75, 3.05) is 5.84 Å². The third-order valence-electron chi connectivity index (χ3n) is 2.45. The first-order chi connectivity index (χ1) is 8.24. The van der Waals surface area contributed by atoms with Crippen molar-refractivity contribution in [1.29, 1.82) is 0 Å². The zero-order valence-corrected chi connectivity index (χ0v) is 8.75. The van der Waals surface area contributed by atoms with Crippen molar-refractivity contribution in [3.8, 4) is 0 Å². The van der Waals surface area contributed by atoms with Crippen LogP contribution in [0, 0.1) is 0 Å². The molecule has 0 aromatic carbocycles. The zero-order valence-electron chi connectivity index (χ0n) is 8.75. The van der Waals surface area contributed by atoms with Crippen LogP contribution in [0.3, 0.4) is 0 Å². The molecular weight excluding hydrogens is 222 g/mol. The second kappa shape index (κ2) is 3.48. The van der Waals surface area contributed by atoms with Crippen LogP contribution in [0.1, 0.15) is 11.5 Å². The number of fused-ring (bicyclic) bond motifs is 1. The van der Waals surface area contributed by atoms with Crippen LogP contribution in [0.5, 0.6) is 0 Å². The average molecular weight is 231 g/mol. The van der Waals surface area contributed by atoms with E-state index < -0.39 is 5.69 Å². The summed E-state index contributed by atoms with van der Waals surface area (Å²) in [4.78, 5) is 21.9. The SMILES string of the molecule is Nn1cnc2c(Cc3ccco3)[nH]c(=O)nc21. The molecule has 0 saturated carbocycles. The minimum Gasteiger partial charge on any atom is -0.469 e. The fraction of sp³-hybridized carbons (Fsp3) is 0.100. The Morgan fingerprint density at radius 1 is 1.53 bits per heavy atom. The van der Waals surface area contributed by atoms with Crippen molar-refractivity contribution in [3.63, 3.8) is 0 Å². The Balaban J connectivity index is 2.18. The third kappa shape index (κ3) is 1.57. The fourth-order valence-electron chi connectivity index (χ4n) is 1.71. The van der Waals surface area contributed by atoms with Gasteiger partial charge in [0.2, 0.25) is 0 Å². The highest BCUT2D eigenvalue weighted by molar-refractivity contribution is 5.73. The van der Waals surface area contributed by atoms with Gasteiger partial charge in [0, 0.05) is 6.42 Å². The fourth-order valence-corrected chi connectivity index (χ4v) is 1.71. The van der Waals surface area contributed by atoms with E-state index in [-0.39, 0.29) is 0 Å². The number of furan rings is 1. The number of aromatic nitrogens is 4. The predicted molar refractivity (Wildman–Crippen MR) is 59.8 cm³/mol. The van der Waals surface area contributed by atoms with Crippen molar-refractivity contribution in [1.82, 2.24) is 19.6 Å². The maximum Gasteiger partial charge on any atom is 0.347 e. The number of aromatic amines is 1. The quantitative estimate of drug-likeness (QED) is 0.605. The summed E-state index contributed by atoms with van der Waals surface area (Å²) in [5, 5.41) is 0. The number of hydrogen-bond donors (Lipinski definition) is 2. The van der Waals surface area contributed by atoms with E-state index in [1.54, 1.807) is 12.3 Å². The number of rotatable bonds is 2. The standard InChI is InChI=1S/C10H9N5O2/c11-15-5-12-8-7(4-6-2-1-3-17-6)13-10(16)14-9(8)15/h1-3,5H,4,11H2,(H,13,14,16). The minimum absolute atomic E-state index is 0.357. The molecule has 0 atom stereocenters. The number of nitrogen functional groups attached to an aromatic ring is 1. The van der Waals surface area contributed by atoms with Crippen LogP contribution in [0.25, 0.3) is 11.2 Å². The highest BCUT2D eigenvalue weighted by Gasteiger charge is 2.11. The molecule has 0 aliphatic rings. The molecule has 0 spiro atoms. The topological polar surface area (TPSA) is 103 Å². The Morgan fingerprint density at radius 2 is 2.41 bits per heavy atom. The summed E-state index contributed by atoms with van der Waals surface area (Å²) in [6, 6.07) is 3.61. The van der Waals surface area contributed by atoms with Gasteiger partial charge in [-0.05, 0) is 12.1 Å². The molecule has 7 heteroatoms. The number of nitrogens with two attached hydrogens (primary N) is 1. The number of imidazole rings is 1. The van der Waals surface area contributed by atoms with Gasteiger partial charge in [-0.2, -0.15) is 4.98 Å². The van der Waals surface area contributed by atoms with Gasteiger partial charge in [0.25, 0.3) is 0 Å². The third-order valence-corrected chi connectivity index (χ3v) is 2.45. The smallest absolute Gasteiger partial charge is 0.347 e. The van der Waals surface area contributed by atoms with Crippen LogP contribution >= 0.6 is 0 Å². The molecule has 3 N–H and O–H groups in total. The summed E-state index contributed by atoms with van der Waals surface area (Å²) in [5.74, 6) is 6.34. The first-order valence-electron chi connectivity index (χ1n) is 4.98. The summed E-state index contributed by atoms with van der Waals surface area (Å²) >= 11 is 0. The van der Waals surface area contributed by atoms with E-state index in [9.17, 15) is 4.79 Å². The molecule has 17 heavy (non-hydrogen) atoms. The maximum absolute atomic E-state index is 11.4. The molecule has 0 amide bonds. The van der Waals surface area contributed by atoms with Crippen molar-refractivity contribution in [2.45, 2.75) is 6.42 Å². The lowest BCUT2D eigenvalue weighted by molar-refractivity contribution is 0.519. The van der Waals surface area contributed by atoms with E-state index >= 15 is 0 Å². The van der Waals surface area contributed by atoms with Gasteiger partial charge in [-0.25, -0.2) is 14.5 Å². The molecular formula is C10H9N5O2. The summed E-state index contributed by atoms with van der Waals surface area (Å²) in [5.41, 5.74) is 1.12. The van der Waals surface area contributed by atoms with Gasteiger partial charge >= 0.3 is 5.69 Å². The second-order valence-corrected chi connectivity index (χ2v) is 3.60. The molecule has 0 aliphatic heterocycles. The summed E-state index contributed by atoms with van der Waals surface area (Å²) < 4.78 is 6.44. The monoisotopic (exact) mass is 231 g/mol. The Labute approximate surface area is 94.9 Å². The van der Waals surface area contributed by atoms with Gasteiger partial charge in [0.05, 0.1) is 12.0 Å². The Hall–Kier alpha value is -2.57. The van der Waals surface area contributed by atoms with Gasteiger partial charge in [0.1, 0.15) is 17.6 Å². The highest BCUT2D eigenvalue weighted by atomic mass is 16.3. The Morgan fingerprint density at radius 3 is 3.18 bits per heavy atom. The Kier molecular flexibility index (Phi) is 1.97. The largest absolute Gasteiger partial charge is 0.469 e. The second-order valence-electron chi connectivity index (χ2n) is 3.60. The van der Waals surface area contributed by atoms with Crippen molar-refractivity contribution in [3.05, 3.63) is 46.7 Å². The lowest BCUT2D eigenvalue weighted by atomic mass is 10.2. The molecule has 0 unspecified atom stereocenters. The lowest BCUT2D eigenvalue weighted by Crippen LogP contribution is -2.17. The predicted octanol–water partition coefficient (Wildman–Crippen LogP) is 0.0172. The minimum atomic E-state index is -0.453. The Bertz CT molecular complexity index is 710. The molecule has 7 nitrogen and oxygen atoms in total. The normalized spacial score (nSPS) is 11.1. The average Bonchev–Trinajstić information content (AvgIpc) is 2.90. The summed E-state index contributed by atoms with van der Waals surface area (Å²) in [7, 11) is 0. The van der Waals surface area contributed by atoms with Crippen molar-refractivity contribution < 1.29 is 4.42 Å². The van der Waals surface area contributed by atoms with Crippen molar-refractivity contribution in [2.24, 2.45) is 0 Å². The van der Waals surface area contributed by atoms with Crippen LogP contribution < -0.4 is 11.5 Å². The van der Waals surface area contributed by atoms with Crippen molar-refractivity contribution >= 4 is 11.2 Å². The van der Waals surface area contributed by atoms with Crippen LogP contribution in [0.2, 0.25) is 0 Å². The number of H-pyrrole nitrogens is 1. The number of nitrogens with one attached hydrogen (secondary N) is 1. The van der Waals surface area contributed by atoms with E-state index in [4.69, 9.17) is 10.3 Å². The first kappa shape index (κ1) is 9.64. The van der Waals surface area contributed by atoms with Gasteiger partial charge in [-0.1, -0.05) is 0 Å². The van der Waals surface area contributed by atoms with E-state index in [2.05, 4.69) is 15.0 Å². The number of hydrogen-bond acceptors (Lipinski definition) is 5. The van der Waals surface area contributed by atoms with E-state index in [0.717, 1.165) is 5.76 Å². The van der Waals surface area contributed by atoms with Gasteiger partial charge < -0.3 is 15.2 Å². The summed E-state index contributed by atoms with van der Waals surface area (Å²) in [6.45, 7) is 0. The zero-order chi connectivity index (χ0) is 11.8. The van der Waals surface area contributed by atoms with Gasteiger partial charge in [-0.15, -0.1) is 0 Å². The van der Waals surface area contributed by atoms with Crippen LogP contribution in [-0.4, -0.2) is 19.6 Å². The molecule has 0 radical (unpaired) electrons. The molecule has 3 rings (SSSR count). The number of nitrogens with zero attached hydrogens (tertiary/aromatic N) is 3. The van der Waals surface area contributed by atoms with Gasteiger partial charge in [0.15, 0.2) is 5.65 Å². The molecule has 3 aromatic rings. The highest BCUT2D eigenvalue weighted by Crippen LogP contribution is 2.14. The summed E-state index contributed by atoms with van der Waals surface area (Å²) in [6.07, 6.45) is 3.43. The van der Waals surface area contributed by atoms with Crippen LogP contribution in [-0.2, 0) is 6.42 Å². The molecule has 3 aromatic heterocycles. The van der Waals surface area contributed by atoms with Crippen LogP contribution in [0.15, 0.2) is 33.9 Å². The molecule has 0 fully saturated rings. The molecule has 0 aliphatic carbocycles. The molecule has 86 valence electrons. The lowest BCUT2D eigenvalue weighted by Gasteiger charge is -1.99. The van der Waals surface area contributed by atoms with Crippen LogP contribution in [0.4, 0.5) is 0 Å². The maximum atomic E-state index is 11.4. The molecule has 3 heterocycles. The van der Waals surface area contributed by atoms with E-state index in [1.807, 2.05) is 6.07 Å². The van der Waals surface area contributed by atoms with E-state index in [0.29, 0.717) is 23.3 Å². The van der Waals surface area contributed by atoms with Gasteiger partial charge in [-0.3, -0.25) is 0 Å². The first-order valence-corrected chi connectivity index (χ1v) is 4.98. The molecule has 0 saturated heterocycles. The van der Waals surface area contributed by atoms with E-state index in [1.165, 1.54) is 11.0 Å². The molecule has 0 bridgehead atoms.